The Hall–Kier alpha value is -2.19. The summed E-state index contributed by atoms with van der Waals surface area (Å²) in [5.74, 6) is 4.76. The van der Waals surface area contributed by atoms with Gasteiger partial charge in [0.25, 0.3) is 0 Å². The number of hydrogen-bond donors (Lipinski definition) is 1. The first-order chi connectivity index (χ1) is 14.6. The van der Waals surface area contributed by atoms with Crippen LogP contribution in [0.5, 0.6) is 5.75 Å². The summed E-state index contributed by atoms with van der Waals surface area (Å²) in [6.45, 7) is 2.06. The molecule has 2 atom stereocenters. The van der Waals surface area contributed by atoms with Crippen molar-refractivity contribution < 1.29 is 4.74 Å². The minimum absolute atomic E-state index is 0. The maximum Gasteiger partial charge on any atom is 0.184 e. The monoisotopic (exact) mass is 472 g/mol. The number of halogens is 2. The molecule has 162 valence electrons. The zero-order valence-electron chi connectivity index (χ0n) is 17.6. The maximum atomic E-state index is 6.48. The van der Waals surface area contributed by atoms with Gasteiger partial charge in [0.2, 0.25) is 0 Å². The van der Waals surface area contributed by atoms with Gasteiger partial charge in [-0.15, -0.1) is 30.2 Å². The second-order valence-electron chi connectivity index (χ2n) is 7.75. The van der Waals surface area contributed by atoms with Crippen molar-refractivity contribution in [3.8, 4) is 29.4 Å². The number of hydrogen-bond acceptors (Lipinski definition) is 4. The van der Waals surface area contributed by atoms with Crippen LogP contribution in [0.3, 0.4) is 0 Å². The molecule has 1 aromatic heterocycles. The van der Waals surface area contributed by atoms with Crippen molar-refractivity contribution in [2.24, 2.45) is 5.92 Å². The molecule has 2 aromatic carbocycles. The van der Waals surface area contributed by atoms with E-state index in [-0.39, 0.29) is 24.4 Å². The van der Waals surface area contributed by atoms with Gasteiger partial charge < -0.3 is 10.1 Å². The largest absolute Gasteiger partial charge is 0.497 e. The van der Waals surface area contributed by atoms with E-state index in [2.05, 4.69) is 42.4 Å². The summed E-state index contributed by atoms with van der Waals surface area (Å²) >= 11 is 8.09. The minimum Gasteiger partial charge on any atom is -0.497 e. The van der Waals surface area contributed by atoms with Crippen LogP contribution in [-0.2, 0) is 0 Å². The van der Waals surface area contributed by atoms with Crippen molar-refractivity contribution in [3.63, 3.8) is 0 Å². The van der Waals surface area contributed by atoms with Gasteiger partial charge in [0, 0.05) is 16.4 Å². The summed E-state index contributed by atoms with van der Waals surface area (Å²) in [5, 5.41) is 4.99. The summed E-state index contributed by atoms with van der Waals surface area (Å²) in [4.78, 5) is 5.94. The Morgan fingerprint density at radius 1 is 1.26 bits per heavy atom. The Morgan fingerprint density at radius 2 is 2.00 bits per heavy atom. The maximum absolute atomic E-state index is 6.48. The van der Waals surface area contributed by atoms with Crippen LogP contribution in [0.2, 0.25) is 5.02 Å². The van der Waals surface area contributed by atoms with Crippen LogP contribution in [0.4, 0.5) is 5.13 Å². The molecule has 6 heteroatoms. The van der Waals surface area contributed by atoms with Gasteiger partial charge in [-0.1, -0.05) is 60.7 Å². The highest BCUT2D eigenvalue weighted by atomic mass is 35.5. The van der Waals surface area contributed by atoms with Gasteiger partial charge in [0.15, 0.2) is 5.13 Å². The molecule has 0 aliphatic heterocycles. The second-order valence-corrected chi connectivity index (χ2v) is 9.36. The van der Waals surface area contributed by atoms with Crippen LogP contribution < -0.4 is 10.1 Å². The van der Waals surface area contributed by atoms with E-state index in [0.29, 0.717) is 5.02 Å². The Labute approximate surface area is 199 Å². The lowest BCUT2D eigenvalue weighted by Gasteiger charge is -2.24. The number of rotatable bonds is 8. The molecule has 0 bridgehead atoms. The summed E-state index contributed by atoms with van der Waals surface area (Å²) in [6.07, 6.45) is 9.71. The second kappa shape index (κ2) is 10.4. The van der Waals surface area contributed by atoms with E-state index in [1.165, 1.54) is 18.4 Å². The first-order valence-corrected chi connectivity index (χ1v) is 11.4. The highest BCUT2D eigenvalue weighted by Crippen LogP contribution is 2.41. The number of nitrogens with zero attached hydrogens (tertiary/aromatic N) is 1. The molecule has 0 saturated heterocycles. The molecule has 0 spiro atoms. The number of ether oxygens (including phenoxy) is 1. The third-order valence-electron chi connectivity index (χ3n) is 5.60. The van der Waals surface area contributed by atoms with E-state index in [4.69, 9.17) is 27.7 Å². The molecule has 0 amide bonds. The lowest BCUT2D eigenvalue weighted by atomic mass is 9.87. The lowest BCUT2D eigenvalue weighted by molar-refractivity contribution is 0.415. The van der Waals surface area contributed by atoms with Gasteiger partial charge in [-0.3, -0.25) is 0 Å². The molecule has 4 rings (SSSR count). The van der Waals surface area contributed by atoms with Crippen molar-refractivity contribution in [1.29, 1.82) is 0 Å². The number of methoxy groups -OCH3 is 1. The van der Waals surface area contributed by atoms with E-state index in [0.717, 1.165) is 39.4 Å². The number of benzene rings is 2. The van der Waals surface area contributed by atoms with Gasteiger partial charge in [-0.25, -0.2) is 4.98 Å². The number of aromatic nitrogens is 1. The predicted octanol–water partition coefficient (Wildman–Crippen LogP) is 7.20. The summed E-state index contributed by atoms with van der Waals surface area (Å²) in [7, 11) is 1.63. The SMILES string of the molecule is C#CC(Nc1nc(-c2ccc(OC)cc2Cl)c(C)s1)C(CC1CC1)c1ccccc1.Cl. The van der Waals surface area contributed by atoms with Gasteiger partial charge >= 0.3 is 0 Å². The van der Waals surface area contributed by atoms with Gasteiger partial charge in [0.05, 0.1) is 23.9 Å². The molecular formula is C25H26Cl2N2OS. The van der Waals surface area contributed by atoms with E-state index < -0.39 is 0 Å². The van der Waals surface area contributed by atoms with E-state index in [9.17, 15) is 0 Å². The number of nitrogens with one attached hydrogen (secondary N) is 1. The molecule has 1 N–H and O–H groups in total. The smallest absolute Gasteiger partial charge is 0.184 e. The van der Waals surface area contributed by atoms with Crippen LogP contribution in [0.1, 0.15) is 35.6 Å². The van der Waals surface area contributed by atoms with Crippen molar-refractivity contribution in [2.75, 3.05) is 12.4 Å². The van der Waals surface area contributed by atoms with Crippen LogP contribution in [0, 0.1) is 25.2 Å². The van der Waals surface area contributed by atoms with Crippen molar-refractivity contribution in [3.05, 3.63) is 64.0 Å². The molecule has 0 radical (unpaired) electrons. The van der Waals surface area contributed by atoms with Gasteiger partial charge in [0.1, 0.15) is 5.75 Å². The first-order valence-electron chi connectivity index (χ1n) is 10.2. The average molecular weight is 473 g/mol. The Kier molecular flexibility index (Phi) is 7.89. The number of aryl methyl sites for hydroxylation is 1. The fourth-order valence-corrected chi connectivity index (χ4v) is 4.92. The summed E-state index contributed by atoms with van der Waals surface area (Å²) < 4.78 is 5.26. The molecular weight excluding hydrogens is 447 g/mol. The van der Waals surface area contributed by atoms with E-state index >= 15 is 0 Å². The molecule has 1 heterocycles. The fourth-order valence-electron chi connectivity index (χ4n) is 3.79. The van der Waals surface area contributed by atoms with Gasteiger partial charge in [-0.05, 0) is 43.0 Å². The minimum atomic E-state index is -0.113. The number of anilines is 1. The Morgan fingerprint density at radius 3 is 2.61 bits per heavy atom. The number of thiazole rings is 1. The molecule has 3 aromatic rings. The number of terminal acetylenes is 1. The van der Waals surface area contributed by atoms with Crippen molar-refractivity contribution in [2.45, 2.75) is 38.1 Å². The summed E-state index contributed by atoms with van der Waals surface area (Å²) in [6, 6.07) is 16.1. The van der Waals surface area contributed by atoms with Crippen LogP contribution in [0.15, 0.2) is 48.5 Å². The van der Waals surface area contributed by atoms with Crippen LogP contribution in [0.25, 0.3) is 11.3 Å². The topological polar surface area (TPSA) is 34.2 Å². The molecule has 3 nitrogen and oxygen atoms in total. The normalized spacial score (nSPS) is 14.8. The highest BCUT2D eigenvalue weighted by molar-refractivity contribution is 7.16. The van der Waals surface area contributed by atoms with E-state index in [1.807, 2.05) is 24.3 Å². The quantitative estimate of drug-likeness (QED) is 0.351. The zero-order valence-corrected chi connectivity index (χ0v) is 20.0. The highest BCUT2D eigenvalue weighted by Gasteiger charge is 2.31. The Balaban J connectivity index is 0.00000272. The van der Waals surface area contributed by atoms with Crippen LogP contribution >= 0.6 is 35.3 Å². The molecule has 1 fully saturated rings. The third kappa shape index (κ3) is 5.54. The summed E-state index contributed by atoms with van der Waals surface area (Å²) in [5.41, 5.74) is 3.06. The molecule has 1 saturated carbocycles. The van der Waals surface area contributed by atoms with Gasteiger partial charge in [-0.2, -0.15) is 0 Å². The van der Waals surface area contributed by atoms with Crippen LogP contribution in [-0.4, -0.2) is 18.1 Å². The molecule has 1 aliphatic carbocycles. The van der Waals surface area contributed by atoms with Crippen molar-refractivity contribution >= 4 is 40.5 Å². The fraction of sp³-hybridized carbons (Fsp3) is 0.320. The third-order valence-corrected chi connectivity index (χ3v) is 6.82. The standard InChI is InChI=1S/C25H25ClN2OS.ClH/c1-4-23(21(14-17-10-11-17)18-8-6-5-7-9-18)27-25-28-24(16(2)30-25)20-13-12-19(29-3)15-22(20)26;/h1,5-9,12-13,15,17,21,23H,10-11,14H2,2-3H3,(H,27,28);1H. The Bertz CT molecular complexity index is 1060. The first kappa shape index (κ1) is 23.5. The average Bonchev–Trinajstić information content (AvgIpc) is 3.52. The van der Waals surface area contributed by atoms with Crippen molar-refractivity contribution in [1.82, 2.24) is 4.98 Å². The molecule has 2 unspecified atom stereocenters. The predicted molar refractivity (Wildman–Crippen MR) is 134 cm³/mol. The zero-order chi connectivity index (χ0) is 21.1. The van der Waals surface area contributed by atoms with E-state index in [1.54, 1.807) is 18.4 Å². The lowest BCUT2D eigenvalue weighted by Crippen LogP contribution is -2.26. The molecule has 1 aliphatic rings. The molecule has 31 heavy (non-hydrogen) atoms.